The lowest BCUT2D eigenvalue weighted by Gasteiger charge is -2.04. The van der Waals surface area contributed by atoms with Crippen LogP contribution in [0.1, 0.15) is 10.4 Å². The van der Waals surface area contributed by atoms with E-state index >= 15 is 0 Å². The number of esters is 1. The second-order valence-electron chi connectivity index (χ2n) is 3.17. The smallest absolute Gasteiger partial charge is 0.337 e. The molecular formula is C11H7BrClNO2. The molecule has 1 aromatic carbocycles. The van der Waals surface area contributed by atoms with Crippen molar-refractivity contribution in [2.75, 3.05) is 7.11 Å². The van der Waals surface area contributed by atoms with Gasteiger partial charge < -0.3 is 4.74 Å². The predicted molar refractivity (Wildman–Crippen MR) is 65.8 cm³/mol. The summed E-state index contributed by atoms with van der Waals surface area (Å²) < 4.78 is 5.47. The minimum Gasteiger partial charge on any atom is -0.465 e. The maximum Gasteiger partial charge on any atom is 0.337 e. The van der Waals surface area contributed by atoms with E-state index in [0.29, 0.717) is 16.1 Å². The van der Waals surface area contributed by atoms with E-state index in [1.54, 1.807) is 18.3 Å². The molecule has 0 amide bonds. The summed E-state index contributed by atoms with van der Waals surface area (Å²) in [5.41, 5.74) is 1.08. The number of methoxy groups -OCH3 is 1. The third-order valence-electron chi connectivity index (χ3n) is 2.12. The Balaban J connectivity index is 2.69. The molecule has 0 spiro atoms. The Labute approximate surface area is 106 Å². The lowest BCUT2D eigenvalue weighted by molar-refractivity contribution is 0.0601. The standard InChI is InChI=1S/C11H7BrClNO2/c1-16-11(15)7-2-6-3-8(12)5-14-10(6)9(13)4-7/h2-5H,1H3. The maximum absolute atomic E-state index is 11.4. The number of rotatable bonds is 1. The number of nitrogens with zero attached hydrogens (tertiary/aromatic N) is 1. The summed E-state index contributed by atoms with van der Waals surface area (Å²) in [6.45, 7) is 0. The van der Waals surface area contributed by atoms with Gasteiger partial charge in [0.05, 0.1) is 23.2 Å². The highest BCUT2D eigenvalue weighted by atomic mass is 79.9. The average Bonchev–Trinajstić information content (AvgIpc) is 2.27. The van der Waals surface area contributed by atoms with Crippen molar-refractivity contribution < 1.29 is 9.53 Å². The Morgan fingerprint density at radius 2 is 2.19 bits per heavy atom. The van der Waals surface area contributed by atoms with Gasteiger partial charge in [0.2, 0.25) is 0 Å². The third-order valence-corrected chi connectivity index (χ3v) is 2.85. The molecule has 0 aliphatic carbocycles. The summed E-state index contributed by atoms with van der Waals surface area (Å²) in [5.74, 6) is -0.413. The molecule has 0 aliphatic rings. The summed E-state index contributed by atoms with van der Waals surface area (Å²) in [7, 11) is 1.33. The molecule has 82 valence electrons. The molecule has 0 N–H and O–H groups in total. The van der Waals surface area contributed by atoms with Crippen LogP contribution >= 0.6 is 27.5 Å². The van der Waals surface area contributed by atoms with Crippen molar-refractivity contribution in [3.05, 3.63) is 39.5 Å². The molecule has 2 aromatic rings. The molecule has 0 atom stereocenters. The summed E-state index contributed by atoms with van der Waals surface area (Å²) in [6.07, 6.45) is 1.66. The molecule has 1 aromatic heterocycles. The molecular weight excluding hydrogens is 293 g/mol. The number of hydrogen-bond donors (Lipinski definition) is 0. The minimum absolute atomic E-state index is 0.413. The molecule has 16 heavy (non-hydrogen) atoms. The second-order valence-corrected chi connectivity index (χ2v) is 4.50. The van der Waals surface area contributed by atoms with Gasteiger partial charge in [-0.1, -0.05) is 11.6 Å². The molecule has 0 radical (unpaired) electrons. The lowest BCUT2D eigenvalue weighted by atomic mass is 10.1. The molecule has 1 heterocycles. The fourth-order valence-electron chi connectivity index (χ4n) is 1.41. The highest BCUT2D eigenvalue weighted by Crippen LogP contribution is 2.26. The maximum atomic E-state index is 11.4. The van der Waals surface area contributed by atoms with Crippen LogP contribution in [0.4, 0.5) is 0 Å². The molecule has 0 unspecified atom stereocenters. The highest BCUT2D eigenvalue weighted by Gasteiger charge is 2.10. The number of fused-ring (bicyclic) bond motifs is 1. The summed E-state index contributed by atoms with van der Waals surface area (Å²) >= 11 is 9.34. The zero-order valence-corrected chi connectivity index (χ0v) is 10.7. The van der Waals surface area contributed by atoms with Crippen molar-refractivity contribution in [3.8, 4) is 0 Å². The van der Waals surface area contributed by atoms with Crippen molar-refractivity contribution in [2.45, 2.75) is 0 Å². The van der Waals surface area contributed by atoms with Crippen molar-refractivity contribution in [1.82, 2.24) is 4.98 Å². The number of ether oxygens (including phenoxy) is 1. The normalized spacial score (nSPS) is 10.4. The van der Waals surface area contributed by atoms with Crippen LogP contribution < -0.4 is 0 Å². The first-order valence-electron chi connectivity index (χ1n) is 4.45. The minimum atomic E-state index is -0.413. The zero-order valence-electron chi connectivity index (χ0n) is 8.33. The van der Waals surface area contributed by atoms with E-state index in [1.165, 1.54) is 7.11 Å². The number of benzene rings is 1. The summed E-state index contributed by atoms with van der Waals surface area (Å²) in [6, 6.07) is 5.10. The number of pyridine rings is 1. The van der Waals surface area contributed by atoms with Crippen LogP contribution in [0.2, 0.25) is 5.02 Å². The Morgan fingerprint density at radius 1 is 1.44 bits per heavy atom. The second kappa shape index (κ2) is 4.39. The van der Waals surface area contributed by atoms with Gasteiger partial charge >= 0.3 is 5.97 Å². The number of halogens is 2. The van der Waals surface area contributed by atoms with E-state index in [2.05, 4.69) is 25.7 Å². The van der Waals surface area contributed by atoms with Crippen LogP contribution in [-0.4, -0.2) is 18.1 Å². The van der Waals surface area contributed by atoms with Gasteiger partial charge in [-0.3, -0.25) is 4.98 Å². The van der Waals surface area contributed by atoms with Crippen molar-refractivity contribution in [2.24, 2.45) is 0 Å². The number of aromatic nitrogens is 1. The number of carbonyl (C=O) groups excluding carboxylic acids is 1. The van der Waals surface area contributed by atoms with Crippen molar-refractivity contribution >= 4 is 44.4 Å². The third kappa shape index (κ3) is 2.03. The molecule has 2 rings (SSSR count). The van der Waals surface area contributed by atoms with Crippen LogP contribution in [-0.2, 0) is 4.74 Å². The first-order valence-corrected chi connectivity index (χ1v) is 5.62. The molecule has 5 heteroatoms. The van der Waals surface area contributed by atoms with Crippen LogP contribution in [0.5, 0.6) is 0 Å². The predicted octanol–water partition coefficient (Wildman–Crippen LogP) is 3.44. The van der Waals surface area contributed by atoms with Crippen LogP contribution in [0.15, 0.2) is 28.9 Å². The molecule has 0 aliphatic heterocycles. The van der Waals surface area contributed by atoms with Gasteiger partial charge in [0, 0.05) is 16.1 Å². The number of carbonyl (C=O) groups is 1. The van der Waals surface area contributed by atoms with E-state index in [-0.39, 0.29) is 0 Å². The van der Waals surface area contributed by atoms with E-state index in [1.807, 2.05) is 6.07 Å². The van der Waals surface area contributed by atoms with Gasteiger partial charge in [-0.05, 0) is 34.1 Å². The van der Waals surface area contributed by atoms with Gasteiger partial charge in [0.1, 0.15) is 0 Å². The van der Waals surface area contributed by atoms with Crippen molar-refractivity contribution in [1.29, 1.82) is 0 Å². The van der Waals surface area contributed by atoms with Gasteiger partial charge in [-0.25, -0.2) is 4.79 Å². The Bertz CT molecular complexity index is 571. The molecule has 0 saturated heterocycles. The SMILES string of the molecule is COC(=O)c1cc(Cl)c2ncc(Br)cc2c1. The summed E-state index contributed by atoms with van der Waals surface area (Å²) in [4.78, 5) is 15.6. The zero-order chi connectivity index (χ0) is 11.7. The molecule has 0 saturated carbocycles. The van der Waals surface area contributed by atoms with Crippen LogP contribution in [0.3, 0.4) is 0 Å². The topological polar surface area (TPSA) is 39.2 Å². The number of hydrogen-bond acceptors (Lipinski definition) is 3. The Kier molecular flexibility index (Phi) is 3.12. The Morgan fingerprint density at radius 3 is 2.88 bits per heavy atom. The average molecular weight is 301 g/mol. The first-order chi connectivity index (χ1) is 7.61. The molecule has 3 nitrogen and oxygen atoms in total. The van der Waals surface area contributed by atoms with Gasteiger partial charge in [0.15, 0.2) is 0 Å². The van der Waals surface area contributed by atoms with Gasteiger partial charge in [-0.2, -0.15) is 0 Å². The lowest BCUT2D eigenvalue weighted by Crippen LogP contribution is -2.01. The monoisotopic (exact) mass is 299 g/mol. The van der Waals surface area contributed by atoms with E-state index in [4.69, 9.17) is 11.6 Å². The Hall–Kier alpha value is -1.13. The fraction of sp³-hybridized carbons (Fsp3) is 0.0909. The van der Waals surface area contributed by atoms with Gasteiger partial charge in [0.25, 0.3) is 0 Å². The van der Waals surface area contributed by atoms with E-state index in [0.717, 1.165) is 9.86 Å². The highest BCUT2D eigenvalue weighted by molar-refractivity contribution is 9.10. The van der Waals surface area contributed by atoms with Crippen LogP contribution in [0.25, 0.3) is 10.9 Å². The summed E-state index contributed by atoms with van der Waals surface area (Å²) in [5, 5.41) is 1.23. The fourth-order valence-corrected chi connectivity index (χ4v) is 2.04. The quantitative estimate of drug-likeness (QED) is 0.757. The van der Waals surface area contributed by atoms with E-state index in [9.17, 15) is 4.79 Å². The van der Waals surface area contributed by atoms with Crippen LogP contribution in [0, 0.1) is 0 Å². The van der Waals surface area contributed by atoms with Crippen molar-refractivity contribution in [3.63, 3.8) is 0 Å². The largest absolute Gasteiger partial charge is 0.465 e. The molecule has 0 bridgehead atoms. The van der Waals surface area contributed by atoms with Gasteiger partial charge in [-0.15, -0.1) is 0 Å². The van der Waals surface area contributed by atoms with E-state index < -0.39 is 5.97 Å². The first kappa shape index (κ1) is 11.4. The molecule has 0 fully saturated rings.